The summed E-state index contributed by atoms with van der Waals surface area (Å²) < 4.78 is 0. The van der Waals surface area contributed by atoms with E-state index in [9.17, 15) is 4.79 Å². The third-order valence-electron chi connectivity index (χ3n) is 7.01. The summed E-state index contributed by atoms with van der Waals surface area (Å²) in [6.07, 6.45) is 4.49. The van der Waals surface area contributed by atoms with Crippen molar-refractivity contribution in [1.29, 1.82) is 0 Å². The molecule has 1 fully saturated rings. The Morgan fingerprint density at radius 2 is 1.91 bits per heavy atom. The maximum atomic E-state index is 12.4. The number of amides is 1. The van der Waals surface area contributed by atoms with Gasteiger partial charge in [0, 0.05) is 42.1 Å². The van der Waals surface area contributed by atoms with Gasteiger partial charge in [0.2, 0.25) is 5.95 Å². The van der Waals surface area contributed by atoms with E-state index in [0.717, 1.165) is 43.6 Å². The average Bonchev–Trinajstić information content (AvgIpc) is 3.07. The Hall–Kier alpha value is -2.74. The number of aryl methyl sites for hydroxylation is 1. The fourth-order valence-corrected chi connectivity index (χ4v) is 5.59. The highest BCUT2D eigenvalue weighted by atomic mass is 35.5. The Bertz CT molecular complexity index is 1260. The van der Waals surface area contributed by atoms with Gasteiger partial charge in [0.25, 0.3) is 5.91 Å². The number of pyridine rings is 1. The first-order chi connectivity index (χ1) is 15.8. The summed E-state index contributed by atoms with van der Waals surface area (Å²) in [5.74, 6) is -0.152. The van der Waals surface area contributed by atoms with E-state index in [1.807, 2.05) is 19.2 Å². The summed E-state index contributed by atoms with van der Waals surface area (Å²) in [6.45, 7) is 3.29. The molecule has 0 saturated carbocycles. The molecule has 0 unspecified atom stereocenters. The molecule has 0 bridgehead atoms. The lowest BCUT2D eigenvalue weighted by atomic mass is 9.73. The van der Waals surface area contributed by atoms with Crippen LogP contribution in [0.3, 0.4) is 0 Å². The Morgan fingerprint density at radius 1 is 1.15 bits per heavy atom. The van der Waals surface area contributed by atoms with Gasteiger partial charge in [0.15, 0.2) is 0 Å². The number of piperidine rings is 1. The lowest BCUT2D eigenvalue weighted by molar-refractivity contribution is 0.0996. The number of benzene rings is 1. The highest BCUT2D eigenvalue weighted by Crippen LogP contribution is 2.50. The third kappa shape index (κ3) is 3.64. The maximum Gasteiger partial charge on any atom is 0.268 e. The van der Waals surface area contributed by atoms with Crippen molar-refractivity contribution >= 4 is 35.1 Å². The second kappa shape index (κ2) is 8.24. The van der Waals surface area contributed by atoms with E-state index < -0.39 is 5.91 Å². The molecule has 1 atom stereocenters. The second-order valence-electron chi connectivity index (χ2n) is 8.84. The first-order valence-corrected chi connectivity index (χ1v) is 11.6. The number of nitrogens with two attached hydrogens (primary N) is 2. The number of rotatable bonds is 3. The van der Waals surface area contributed by atoms with Gasteiger partial charge in [-0.3, -0.25) is 9.78 Å². The van der Waals surface area contributed by atoms with Crippen LogP contribution in [-0.4, -0.2) is 33.9 Å². The average molecular weight is 483 g/mol. The largest absolute Gasteiger partial charge is 0.364 e. The zero-order chi connectivity index (χ0) is 23.3. The summed E-state index contributed by atoms with van der Waals surface area (Å²) in [5.41, 5.74) is 16.5. The monoisotopic (exact) mass is 482 g/mol. The number of halogens is 2. The van der Waals surface area contributed by atoms with Crippen molar-refractivity contribution in [2.75, 3.05) is 18.0 Å². The van der Waals surface area contributed by atoms with Crippen LogP contribution in [-0.2, 0) is 6.42 Å². The molecule has 1 spiro atoms. The molecule has 3 aromatic rings. The minimum Gasteiger partial charge on any atom is -0.364 e. The van der Waals surface area contributed by atoms with Crippen LogP contribution in [0.25, 0.3) is 11.1 Å². The molecule has 33 heavy (non-hydrogen) atoms. The minimum absolute atomic E-state index is 0.0109. The molecular formula is C24H24Cl2N6O. The van der Waals surface area contributed by atoms with Gasteiger partial charge in [0.05, 0.1) is 15.7 Å². The first kappa shape index (κ1) is 22.1. The quantitative estimate of drug-likeness (QED) is 0.581. The lowest BCUT2D eigenvalue weighted by Crippen LogP contribution is -2.45. The van der Waals surface area contributed by atoms with Crippen LogP contribution < -0.4 is 16.4 Å². The van der Waals surface area contributed by atoms with Crippen LogP contribution in [0.4, 0.5) is 5.95 Å². The summed E-state index contributed by atoms with van der Waals surface area (Å²) in [6, 6.07) is 9.24. The molecule has 5 rings (SSSR count). The third-order valence-corrected chi connectivity index (χ3v) is 7.83. The second-order valence-corrected chi connectivity index (χ2v) is 9.63. The molecule has 9 heteroatoms. The van der Waals surface area contributed by atoms with E-state index in [2.05, 4.69) is 20.9 Å². The number of fused-ring (bicyclic) bond motifs is 1. The summed E-state index contributed by atoms with van der Waals surface area (Å²) in [7, 11) is 0. The Kier molecular flexibility index (Phi) is 5.51. The molecule has 1 aromatic carbocycles. The van der Waals surface area contributed by atoms with Gasteiger partial charge in [-0.1, -0.05) is 41.4 Å². The molecule has 0 radical (unpaired) electrons. The first-order valence-electron chi connectivity index (χ1n) is 10.9. The van der Waals surface area contributed by atoms with E-state index in [1.165, 1.54) is 0 Å². The fraction of sp³-hybridized carbons (Fsp3) is 0.333. The van der Waals surface area contributed by atoms with Gasteiger partial charge < -0.3 is 16.4 Å². The smallest absolute Gasteiger partial charge is 0.268 e. The molecular weight excluding hydrogens is 459 g/mol. The highest BCUT2D eigenvalue weighted by molar-refractivity contribution is 6.43. The van der Waals surface area contributed by atoms with Crippen LogP contribution in [0.5, 0.6) is 0 Å². The molecule has 4 N–H and O–H groups in total. The van der Waals surface area contributed by atoms with E-state index in [0.29, 0.717) is 32.8 Å². The maximum absolute atomic E-state index is 12.4. The summed E-state index contributed by atoms with van der Waals surface area (Å²) in [5, 5.41) is 0.724. The molecule has 7 nitrogen and oxygen atoms in total. The van der Waals surface area contributed by atoms with Gasteiger partial charge in [0.1, 0.15) is 5.69 Å². The Labute approximate surface area is 202 Å². The van der Waals surface area contributed by atoms with Gasteiger partial charge in [-0.05, 0) is 49.3 Å². The van der Waals surface area contributed by atoms with Crippen LogP contribution in [0.2, 0.25) is 10.0 Å². The minimum atomic E-state index is -0.638. The van der Waals surface area contributed by atoms with E-state index >= 15 is 0 Å². The molecule has 2 aromatic heterocycles. The number of aromatic nitrogens is 3. The lowest BCUT2D eigenvalue weighted by Gasteiger charge is -2.42. The van der Waals surface area contributed by atoms with Gasteiger partial charge >= 0.3 is 0 Å². The zero-order valence-electron chi connectivity index (χ0n) is 18.2. The SMILES string of the molecule is Cc1nc(N2CCC3(CC2)Cc2ncccc2[C@H]3N)nc(C(N)=O)c1-c1cccc(Cl)c1Cl. The number of primary amides is 1. The normalized spacial score (nSPS) is 19.0. The topological polar surface area (TPSA) is 111 Å². The molecule has 1 aliphatic carbocycles. The van der Waals surface area contributed by atoms with Crippen LogP contribution in [0, 0.1) is 12.3 Å². The van der Waals surface area contributed by atoms with Crippen molar-refractivity contribution in [2.45, 2.75) is 32.2 Å². The predicted molar refractivity (Wildman–Crippen MR) is 129 cm³/mol. The Morgan fingerprint density at radius 3 is 2.61 bits per heavy atom. The predicted octanol–water partition coefficient (Wildman–Crippen LogP) is 4.10. The molecule has 1 saturated heterocycles. The van der Waals surface area contributed by atoms with Crippen molar-refractivity contribution < 1.29 is 4.79 Å². The molecule has 3 heterocycles. The number of hydrogen-bond acceptors (Lipinski definition) is 6. The zero-order valence-corrected chi connectivity index (χ0v) is 19.7. The fourth-order valence-electron chi connectivity index (χ4n) is 5.19. The van der Waals surface area contributed by atoms with E-state index in [-0.39, 0.29) is 17.2 Å². The van der Waals surface area contributed by atoms with E-state index in [1.54, 1.807) is 18.2 Å². The van der Waals surface area contributed by atoms with Crippen LogP contribution >= 0.6 is 23.2 Å². The number of carbonyl (C=O) groups is 1. The van der Waals surface area contributed by atoms with Gasteiger partial charge in [-0.15, -0.1) is 0 Å². The number of hydrogen-bond donors (Lipinski definition) is 2. The highest BCUT2D eigenvalue weighted by Gasteiger charge is 2.46. The standard InChI is InChI=1S/C24H24Cl2N6O/c1-13-18(15-4-2-6-16(25)19(15)26)20(22(28)33)31-23(30-13)32-10-7-24(8-11-32)12-17-14(21(24)27)5-3-9-29-17/h2-6,9,21H,7-8,10-12,27H2,1H3,(H2,28,33)/t21-/m1/s1. The summed E-state index contributed by atoms with van der Waals surface area (Å²) in [4.78, 5) is 28.3. The summed E-state index contributed by atoms with van der Waals surface area (Å²) >= 11 is 12.6. The van der Waals surface area contributed by atoms with Crippen LogP contribution in [0.15, 0.2) is 36.5 Å². The van der Waals surface area contributed by atoms with Crippen molar-refractivity contribution in [3.63, 3.8) is 0 Å². The molecule has 1 aliphatic heterocycles. The van der Waals surface area contributed by atoms with Crippen LogP contribution in [0.1, 0.15) is 46.3 Å². The van der Waals surface area contributed by atoms with Crippen molar-refractivity contribution in [3.05, 3.63) is 69.2 Å². The molecule has 2 aliphatic rings. The van der Waals surface area contributed by atoms with Crippen molar-refractivity contribution in [2.24, 2.45) is 16.9 Å². The number of nitrogens with zero attached hydrogens (tertiary/aromatic N) is 4. The Balaban J connectivity index is 1.45. The molecule has 1 amide bonds. The number of anilines is 1. The van der Waals surface area contributed by atoms with E-state index in [4.69, 9.17) is 39.7 Å². The van der Waals surface area contributed by atoms with Crippen molar-refractivity contribution in [1.82, 2.24) is 15.0 Å². The van der Waals surface area contributed by atoms with Crippen molar-refractivity contribution in [3.8, 4) is 11.1 Å². The van der Waals surface area contributed by atoms with Gasteiger partial charge in [-0.2, -0.15) is 0 Å². The van der Waals surface area contributed by atoms with Gasteiger partial charge in [-0.25, -0.2) is 9.97 Å². The number of carbonyl (C=O) groups excluding carboxylic acids is 1. The molecule has 170 valence electrons.